The second kappa shape index (κ2) is 8.97. The number of nitrogens with one attached hydrogen (secondary N) is 1. The molecular weight excluding hydrogens is 397 g/mol. The summed E-state index contributed by atoms with van der Waals surface area (Å²) in [6.07, 6.45) is 2.00. The molecule has 1 N–H and O–H groups in total. The van der Waals surface area contributed by atoms with Crippen molar-refractivity contribution in [3.05, 3.63) is 96.4 Å². The van der Waals surface area contributed by atoms with E-state index in [0.717, 1.165) is 27.7 Å². The number of anilines is 1. The van der Waals surface area contributed by atoms with E-state index in [4.69, 9.17) is 4.98 Å². The van der Waals surface area contributed by atoms with Crippen molar-refractivity contribution in [1.29, 1.82) is 0 Å². The molecule has 1 heterocycles. The van der Waals surface area contributed by atoms with Gasteiger partial charge in [-0.15, -0.1) is 0 Å². The van der Waals surface area contributed by atoms with Gasteiger partial charge >= 0.3 is 0 Å². The molecule has 0 saturated heterocycles. The summed E-state index contributed by atoms with van der Waals surface area (Å²) in [5.74, 6) is -0.322. The summed E-state index contributed by atoms with van der Waals surface area (Å²) in [7, 11) is 0. The van der Waals surface area contributed by atoms with Crippen LogP contribution in [0.5, 0.6) is 0 Å². The molecule has 3 aromatic carbocycles. The van der Waals surface area contributed by atoms with Gasteiger partial charge in [0.1, 0.15) is 5.82 Å². The van der Waals surface area contributed by atoms with Gasteiger partial charge in [0, 0.05) is 17.4 Å². The van der Waals surface area contributed by atoms with Crippen LogP contribution >= 0.6 is 11.8 Å². The Balaban J connectivity index is 1.58. The number of amides is 1. The predicted octanol–water partition coefficient (Wildman–Crippen LogP) is 5.72. The maximum atomic E-state index is 13.0. The van der Waals surface area contributed by atoms with E-state index in [1.807, 2.05) is 72.3 Å². The van der Waals surface area contributed by atoms with Crippen molar-refractivity contribution in [2.24, 2.45) is 0 Å². The van der Waals surface area contributed by atoms with Gasteiger partial charge < -0.3 is 5.32 Å². The second-order valence-corrected chi connectivity index (χ2v) is 7.72. The Morgan fingerprint density at radius 2 is 1.70 bits per heavy atom. The minimum Gasteiger partial charge on any atom is -0.325 e. The van der Waals surface area contributed by atoms with Crippen molar-refractivity contribution >= 4 is 23.4 Å². The van der Waals surface area contributed by atoms with Crippen LogP contribution in [0.15, 0.2) is 90.2 Å². The Labute approximate surface area is 178 Å². The fraction of sp³-hybridized carbons (Fsp3) is 0.0833. The van der Waals surface area contributed by atoms with Crippen LogP contribution in [-0.4, -0.2) is 21.2 Å². The van der Waals surface area contributed by atoms with E-state index in [1.54, 1.807) is 12.1 Å². The number of imidazole rings is 1. The number of halogens is 1. The van der Waals surface area contributed by atoms with Crippen molar-refractivity contribution in [2.75, 3.05) is 11.1 Å². The van der Waals surface area contributed by atoms with Crippen molar-refractivity contribution in [3.63, 3.8) is 0 Å². The van der Waals surface area contributed by atoms with Crippen molar-refractivity contribution in [3.8, 4) is 16.9 Å². The van der Waals surface area contributed by atoms with Gasteiger partial charge in [-0.3, -0.25) is 9.36 Å². The molecule has 150 valence electrons. The third kappa shape index (κ3) is 4.60. The monoisotopic (exact) mass is 417 g/mol. The standard InChI is InChI=1S/C24H20FN3OS/c1-17-7-5-6-10-22(17)28-15-21(18-8-3-2-4-9-18)27-24(28)30-16-23(29)26-20-13-11-19(25)12-14-20/h2-15H,16H2,1H3,(H,26,29). The summed E-state index contributed by atoms with van der Waals surface area (Å²) in [5, 5.41) is 3.52. The molecule has 0 fully saturated rings. The quantitative estimate of drug-likeness (QED) is 0.408. The molecule has 0 aliphatic rings. The Bertz CT molecular complexity index is 1160. The van der Waals surface area contributed by atoms with Gasteiger partial charge in [-0.2, -0.15) is 0 Å². The zero-order chi connectivity index (χ0) is 20.9. The smallest absolute Gasteiger partial charge is 0.234 e. The zero-order valence-corrected chi connectivity index (χ0v) is 17.2. The Hall–Kier alpha value is -3.38. The highest BCUT2D eigenvalue weighted by molar-refractivity contribution is 7.99. The summed E-state index contributed by atoms with van der Waals surface area (Å²) < 4.78 is 15.1. The third-order valence-corrected chi connectivity index (χ3v) is 5.53. The molecule has 30 heavy (non-hydrogen) atoms. The predicted molar refractivity (Wildman–Crippen MR) is 119 cm³/mol. The zero-order valence-electron chi connectivity index (χ0n) is 16.4. The maximum absolute atomic E-state index is 13.0. The van der Waals surface area contributed by atoms with E-state index in [9.17, 15) is 9.18 Å². The summed E-state index contributed by atoms with van der Waals surface area (Å²) in [6, 6.07) is 23.7. The minimum atomic E-state index is -0.337. The molecular formula is C24H20FN3OS. The molecule has 0 atom stereocenters. The second-order valence-electron chi connectivity index (χ2n) is 6.77. The molecule has 0 aliphatic heterocycles. The van der Waals surface area contributed by atoms with Crippen LogP contribution in [0.4, 0.5) is 10.1 Å². The Morgan fingerprint density at radius 1 is 1.00 bits per heavy atom. The Morgan fingerprint density at radius 3 is 2.43 bits per heavy atom. The largest absolute Gasteiger partial charge is 0.325 e. The lowest BCUT2D eigenvalue weighted by molar-refractivity contribution is -0.113. The molecule has 6 heteroatoms. The fourth-order valence-corrected chi connectivity index (χ4v) is 3.87. The number of benzene rings is 3. The lowest BCUT2D eigenvalue weighted by Gasteiger charge is -2.10. The highest BCUT2D eigenvalue weighted by Gasteiger charge is 2.15. The SMILES string of the molecule is Cc1ccccc1-n1cc(-c2ccccc2)nc1SCC(=O)Nc1ccc(F)cc1. The average molecular weight is 418 g/mol. The first-order chi connectivity index (χ1) is 14.6. The van der Waals surface area contributed by atoms with Crippen LogP contribution in [0.1, 0.15) is 5.56 Å². The highest BCUT2D eigenvalue weighted by Crippen LogP contribution is 2.28. The van der Waals surface area contributed by atoms with Crippen LogP contribution in [0.25, 0.3) is 16.9 Å². The normalized spacial score (nSPS) is 10.7. The van der Waals surface area contributed by atoms with Crippen molar-refractivity contribution in [2.45, 2.75) is 12.1 Å². The number of nitrogens with zero attached hydrogens (tertiary/aromatic N) is 2. The van der Waals surface area contributed by atoms with Crippen LogP contribution in [0.2, 0.25) is 0 Å². The topological polar surface area (TPSA) is 46.9 Å². The first kappa shape index (κ1) is 19.9. The van der Waals surface area contributed by atoms with Crippen LogP contribution in [-0.2, 0) is 4.79 Å². The molecule has 0 unspecified atom stereocenters. The molecule has 0 bridgehead atoms. The van der Waals surface area contributed by atoms with E-state index in [0.29, 0.717) is 5.69 Å². The number of carbonyl (C=O) groups is 1. The van der Waals surface area contributed by atoms with Crippen molar-refractivity contribution < 1.29 is 9.18 Å². The van der Waals surface area contributed by atoms with Crippen LogP contribution in [0.3, 0.4) is 0 Å². The molecule has 4 nitrogen and oxygen atoms in total. The van der Waals surface area contributed by atoms with E-state index in [-0.39, 0.29) is 17.5 Å². The molecule has 4 aromatic rings. The van der Waals surface area contributed by atoms with E-state index in [2.05, 4.69) is 5.32 Å². The van der Waals surface area contributed by atoms with Gasteiger partial charge in [-0.1, -0.05) is 60.3 Å². The number of hydrogen-bond acceptors (Lipinski definition) is 3. The number of aromatic nitrogens is 2. The summed E-state index contributed by atoms with van der Waals surface area (Å²) >= 11 is 1.36. The van der Waals surface area contributed by atoms with E-state index < -0.39 is 0 Å². The van der Waals surface area contributed by atoms with Gasteiger partial charge in [0.15, 0.2) is 5.16 Å². The number of para-hydroxylation sites is 1. The summed E-state index contributed by atoms with van der Waals surface area (Å²) in [6.45, 7) is 2.05. The number of rotatable bonds is 6. The van der Waals surface area contributed by atoms with Gasteiger partial charge in [-0.25, -0.2) is 9.37 Å². The molecule has 1 amide bonds. The fourth-order valence-electron chi connectivity index (χ4n) is 3.08. The molecule has 4 rings (SSSR count). The van der Waals surface area contributed by atoms with Gasteiger partial charge in [0.25, 0.3) is 0 Å². The van der Waals surface area contributed by atoms with Gasteiger partial charge in [0.05, 0.1) is 17.1 Å². The molecule has 0 spiro atoms. The first-order valence-corrected chi connectivity index (χ1v) is 10.5. The highest BCUT2D eigenvalue weighted by atomic mass is 32.2. The molecule has 1 aromatic heterocycles. The van der Waals surface area contributed by atoms with Gasteiger partial charge in [0.2, 0.25) is 5.91 Å². The third-order valence-electron chi connectivity index (χ3n) is 4.58. The van der Waals surface area contributed by atoms with Gasteiger partial charge in [-0.05, 0) is 42.8 Å². The van der Waals surface area contributed by atoms with Crippen LogP contribution in [0, 0.1) is 12.7 Å². The number of carbonyl (C=O) groups excluding carboxylic acids is 1. The average Bonchev–Trinajstić information content (AvgIpc) is 3.19. The van der Waals surface area contributed by atoms with E-state index >= 15 is 0 Å². The Kier molecular flexibility index (Phi) is 5.95. The summed E-state index contributed by atoms with van der Waals surface area (Å²) in [4.78, 5) is 17.2. The number of aryl methyl sites for hydroxylation is 1. The number of hydrogen-bond donors (Lipinski definition) is 1. The number of thioether (sulfide) groups is 1. The maximum Gasteiger partial charge on any atom is 0.234 e. The van der Waals surface area contributed by atoms with Crippen LogP contribution < -0.4 is 5.32 Å². The first-order valence-electron chi connectivity index (χ1n) is 9.49. The molecule has 0 aliphatic carbocycles. The van der Waals surface area contributed by atoms with Crippen molar-refractivity contribution in [1.82, 2.24) is 9.55 Å². The molecule has 0 saturated carbocycles. The van der Waals surface area contributed by atoms with E-state index in [1.165, 1.54) is 23.9 Å². The lowest BCUT2D eigenvalue weighted by atomic mass is 10.2. The lowest BCUT2D eigenvalue weighted by Crippen LogP contribution is -2.14. The molecule has 0 radical (unpaired) electrons. The minimum absolute atomic E-state index is 0.174. The summed E-state index contributed by atoms with van der Waals surface area (Å²) in [5.41, 5.74) is 4.57.